The average molecular weight is 476 g/mol. The number of benzene rings is 3. The smallest absolute Gasteiger partial charge is 0.344 e. The van der Waals surface area contributed by atoms with Gasteiger partial charge in [0.25, 0.3) is 0 Å². The zero-order valence-corrected chi connectivity index (χ0v) is 20.0. The lowest BCUT2D eigenvalue weighted by atomic mass is 9.99. The van der Waals surface area contributed by atoms with E-state index in [2.05, 4.69) is 0 Å². The molecular weight excluding hydrogens is 452 g/mol. The molecule has 0 bridgehead atoms. The molecule has 0 fully saturated rings. The quantitative estimate of drug-likeness (QED) is 0.209. The molecule has 1 heterocycles. The van der Waals surface area contributed by atoms with E-state index in [1.54, 1.807) is 43.5 Å². The van der Waals surface area contributed by atoms with E-state index in [1.165, 1.54) is 39.5 Å². The number of fused-ring (bicyclic) bond motifs is 1. The highest BCUT2D eigenvalue weighted by Gasteiger charge is 2.19. The van der Waals surface area contributed by atoms with Crippen LogP contribution in [-0.2, 0) is 0 Å². The molecule has 0 aliphatic carbocycles. The molecule has 3 aromatic carbocycles. The lowest BCUT2D eigenvalue weighted by molar-refractivity contribution is 0.0734. The molecule has 0 unspecified atom stereocenters. The fraction of sp³-hybridized carbons (Fsp3) is 0.185. The van der Waals surface area contributed by atoms with Gasteiger partial charge in [-0.2, -0.15) is 0 Å². The van der Waals surface area contributed by atoms with Gasteiger partial charge in [-0.05, 0) is 54.4 Å². The van der Waals surface area contributed by atoms with E-state index in [0.29, 0.717) is 34.1 Å². The molecule has 1 aromatic heterocycles. The number of carbonyl (C=O) groups excluding carboxylic acids is 1. The van der Waals surface area contributed by atoms with E-state index in [9.17, 15) is 9.59 Å². The van der Waals surface area contributed by atoms with Gasteiger partial charge in [0.15, 0.2) is 11.5 Å². The fourth-order valence-electron chi connectivity index (χ4n) is 3.86. The Kier molecular flexibility index (Phi) is 6.64. The Balaban J connectivity index is 1.68. The van der Waals surface area contributed by atoms with Crippen molar-refractivity contribution >= 4 is 16.9 Å². The Bertz CT molecular complexity index is 1430. The predicted octanol–water partition coefficient (Wildman–Crippen LogP) is 5.02. The summed E-state index contributed by atoms with van der Waals surface area (Å²) in [5, 5.41) is 0.725. The van der Waals surface area contributed by atoms with E-state index in [1.807, 2.05) is 6.92 Å². The Labute approximate surface area is 201 Å². The third-order valence-electron chi connectivity index (χ3n) is 5.63. The lowest BCUT2D eigenvalue weighted by Gasteiger charge is -2.14. The number of esters is 1. The van der Waals surface area contributed by atoms with Gasteiger partial charge < -0.3 is 28.1 Å². The Morgan fingerprint density at radius 1 is 0.771 bits per heavy atom. The highest BCUT2D eigenvalue weighted by molar-refractivity contribution is 5.94. The van der Waals surface area contributed by atoms with Crippen LogP contribution in [0.15, 0.2) is 63.8 Å². The van der Waals surface area contributed by atoms with Crippen molar-refractivity contribution in [3.63, 3.8) is 0 Å². The first-order valence-electron chi connectivity index (χ1n) is 10.6. The van der Waals surface area contributed by atoms with Crippen LogP contribution < -0.4 is 29.3 Å². The summed E-state index contributed by atoms with van der Waals surface area (Å²) in [4.78, 5) is 25.7. The molecule has 0 spiro atoms. The minimum Gasteiger partial charge on any atom is -0.497 e. The first-order chi connectivity index (χ1) is 16.9. The molecule has 0 atom stereocenters. The summed E-state index contributed by atoms with van der Waals surface area (Å²) in [7, 11) is 5.97. The molecular formula is C27H24O8. The van der Waals surface area contributed by atoms with E-state index in [0.717, 1.165) is 16.5 Å². The van der Waals surface area contributed by atoms with Crippen LogP contribution in [0, 0.1) is 6.92 Å². The third kappa shape index (κ3) is 4.50. The van der Waals surface area contributed by atoms with Crippen LogP contribution in [0.3, 0.4) is 0 Å². The van der Waals surface area contributed by atoms with E-state index < -0.39 is 11.6 Å². The summed E-state index contributed by atoms with van der Waals surface area (Å²) in [6, 6.07) is 15.1. The Morgan fingerprint density at radius 2 is 1.40 bits per heavy atom. The SMILES string of the molecule is COc1ccc(-c2c(C)c3ccc(OC(=O)c4cc(OC)c(OC)c(OC)c4)cc3oc2=O)cc1. The summed E-state index contributed by atoms with van der Waals surface area (Å²) in [6.07, 6.45) is 0. The number of hydrogen-bond donors (Lipinski definition) is 0. The monoisotopic (exact) mass is 476 g/mol. The maximum absolute atomic E-state index is 12.8. The van der Waals surface area contributed by atoms with Crippen LogP contribution in [-0.4, -0.2) is 34.4 Å². The van der Waals surface area contributed by atoms with Gasteiger partial charge in [0.05, 0.1) is 39.6 Å². The number of aryl methyl sites for hydroxylation is 1. The van der Waals surface area contributed by atoms with Crippen molar-refractivity contribution in [1.29, 1.82) is 0 Å². The third-order valence-corrected chi connectivity index (χ3v) is 5.63. The van der Waals surface area contributed by atoms with Gasteiger partial charge >= 0.3 is 11.6 Å². The maximum atomic E-state index is 12.8. The second-order valence-corrected chi connectivity index (χ2v) is 7.58. The summed E-state index contributed by atoms with van der Waals surface area (Å²) in [5.74, 6) is 1.28. The summed E-state index contributed by atoms with van der Waals surface area (Å²) < 4.78 is 32.2. The molecule has 0 radical (unpaired) electrons. The zero-order valence-electron chi connectivity index (χ0n) is 20.0. The van der Waals surface area contributed by atoms with Gasteiger partial charge in [-0.1, -0.05) is 12.1 Å². The molecule has 35 heavy (non-hydrogen) atoms. The molecule has 8 nitrogen and oxygen atoms in total. The highest BCUT2D eigenvalue weighted by atomic mass is 16.5. The molecule has 0 N–H and O–H groups in total. The van der Waals surface area contributed by atoms with Crippen molar-refractivity contribution in [2.45, 2.75) is 6.92 Å². The first-order valence-corrected chi connectivity index (χ1v) is 10.6. The van der Waals surface area contributed by atoms with Gasteiger partial charge in [-0.15, -0.1) is 0 Å². The molecule has 0 aliphatic rings. The topological polar surface area (TPSA) is 93.4 Å². The Morgan fingerprint density at radius 3 is 1.97 bits per heavy atom. The van der Waals surface area contributed by atoms with Crippen molar-refractivity contribution in [1.82, 2.24) is 0 Å². The lowest BCUT2D eigenvalue weighted by Crippen LogP contribution is -2.10. The van der Waals surface area contributed by atoms with Gasteiger partial charge in [0, 0.05) is 11.5 Å². The first kappa shape index (κ1) is 23.7. The number of carbonyl (C=O) groups is 1. The summed E-state index contributed by atoms with van der Waals surface area (Å²) >= 11 is 0. The number of methoxy groups -OCH3 is 4. The van der Waals surface area contributed by atoms with Gasteiger partial charge in [0.1, 0.15) is 17.1 Å². The molecule has 8 heteroatoms. The van der Waals surface area contributed by atoms with Crippen LogP contribution >= 0.6 is 0 Å². The largest absolute Gasteiger partial charge is 0.497 e. The fourth-order valence-corrected chi connectivity index (χ4v) is 3.86. The molecule has 0 aliphatic heterocycles. The molecule has 4 aromatic rings. The van der Waals surface area contributed by atoms with Crippen LogP contribution in [0.5, 0.6) is 28.7 Å². The standard InChI is InChI=1S/C27H24O8/c1-15-20-11-10-19(34-26(28)17-12-22(31-3)25(33-5)23(13-17)32-4)14-21(20)35-27(29)24(15)16-6-8-18(30-2)9-7-16/h6-14H,1-5H3. The highest BCUT2D eigenvalue weighted by Crippen LogP contribution is 2.38. The number of hydrogen-bond acceptors (Lipinski definition) is 8. The van der Waals surface area contributed by atoms with Crippen LogP contribution in [0.4, 0.5) is 0 Å². The van der Waals surface area contributed by atoms with Crippen molar-refractivity contribution in [2.24, 2.45) is 0 Å². The van der Waals surface area contributed by atoms with E-state index in [-0.39, 0.29) is 11.3 Å². The van der Waals surface area contributed by atoms with Crippen LogP contribution in [0.1, 0.15) is 15.9 Å². The van der Waals surface area contributed by atoms with E-state index >= 15 is 0 Å². The second-order valence-electron chi connectivity index (χ2n) is 7.58. The maximum Gasteiger partial charge on any atom is 0.344 e. The minimum absolute atomic E-state index is 0.201. The van der Waals surface area contributed by atoms with E-state index in [4.69, 9.17) is 28.1 Å². The molecule has 0 saturated carbocycles. The van der Waals surface area contributed by atoms with Crippen molar-refractivity contribution < 1.29 is 32.9 Å². The van der Waals surface area contributed by atoms with Crippen LogP contribution in [0.25, 0.3) is 22.1 Å². The molecule has 4 rings (SSSR count). The zero-order chi connectivity index (χ0) is 25.1. The van der Waals surface area contributed by atoms with Gasteiger partial charge in [-0.3, -0.25) is 0 Å². The predicted molar refractivity (Wildman–Crippen MR) is 130 cm³/mol. The molecule has 0 saturated heterocycles. The van der Waals surface area contributed by atoms with Crippen molar-refractivity contribution in [2.75, 3.05) is 28.4 Å². The average Bonchev–Trinajstić information content (AvgIpc) is 2.87. The number of ether oxygens (including phenoxy) is 5. The van der Waals surface area contributed by atoms with Gasteiger partial charge in [0.2, 0.25) is 5.75 Å². The van der Waals surface area contributed by atoms with Gasteiger partial charge in [-0.25, -0.2) is 9.59 Å². The van der Waals surface area contributed by atoms with Crippen LogP contribution in [0.2, 0.25) is 0 Å². The summed E-state index contributed by atoms with van der Waals surface area (Å²) in [6.45, 7) is 1.85. The molecule has 180 valence electrons. The van der Waals surface area contributed by atoms with Crippen molar-refractivity contribution in [3.8, 4) is 39.9 Å². The number of rotatable bonds is 7. The normalized spacial score (nSPS) is 10.7. The minimum atomic E-state index is -0.641. The summed E-state index contributed by atoms with van der Waals surface area (Å²) in [5.41, 5.74) is 1.95. The Hall–Kier alpha value is -4.46. The molecule has 0 amide bonds. The second kappa shape index (κ2) is 9.80. The van der Waals surface area contributed by atoms with Crippen molar-refractivity contribution in [3.05, 3.63) is 76.1 Å².